The summed E-state index contributed by atoms with van der Waals surface area (Å²) in [7, 11) is 0. The van der Waals surface area contributed by atoms with Crippen molar-refractivity contribution >= 4 is 5.95 Å². The summed E-state index contributed by atoms with van der Waals surface area (Å²) in [6.45, 7) is 0. The van der Waals surface area contributed by atoms with E-state index < -0.39 is 0 Å². The van der Waals surface area contributed by atoms with Crippen LogP contribution in [-0.2, 0) is 0 Å². The van der Waals surface area contributed by atoms with Gasteiger partial charge in [-0.3, -0.25) is 0 Å². The Balaban J connectivity index is 2.39. The average molecular weight is 187 g/mol. The zero-order chi connectivity index (χ0) is 9.97. The predicted molar refractivity (Wildman–Crippen MR) is 46.1 cm³/mol. The number of nitrogen functional groups attached to an aromatic ring is 1. The zero-order valence-corrected chi connectivity index (χ0v) is 6.99. The first-order chi connectivity index (χ1) is 6.79. The van der Waals surface area contributed by atoms with Gasteiger partial charge in [0.2, 0.25) is 5.95 Å². The van der Waals surface area contributed by atoms with Gasteiger partial charge in [0.15, 0.2) is 0 Å². The maximum absolute atomic E-state index is 8.52. The zero-order valence-electron chi connectivity index (χ0n) is 6.99. The SMILES string of the molecule is N#Cc1cnc(-n2cnc(N)n2)nc1. The smallest absolute Gasteiger partial charge is 0.252 e. The molecular weight excluding hydrogens is 182 g/mol. The van der Waals surface area contributed by atoms with E-state index in [1.807, 2.05) is 6.07 Å². The van der Waals surface area contributed by atoms with E-state index in [0.717, 1.165) is 0 Å². The van der Waals surface area contributed by atoms with E-state index in [-0.39, 0.29) is 5.95 Å². The molecule has 14 heavy (non-hydrogen) atoms. The lowest BCUT2D eigenvalue weighted by molar-refractivity contribution is 0.808. The molecule has 0 unspecified atom stereocenters. The third-order valence-corrected chi connectivity index (χ3v) is 1.48. The number of nitrogens with zero attached hydrogens (tertiary/aromatic N) is 6. The second-order valence-electron chi connectivity index (χ2n) is 2.43. The van der Waals surface area contributed by atoms with Crippen LogP contribution >= 0.6 is 0 Å². The standard InChI is InChI=1S/C7H5N7/c8-1-5-2-10-7(11-3-5)14-4-12-6(9)13-14/h2-4H,(H2,9,13). The largest absolute Gasteiger partial charge is 0.366 e. The summed E-state index contributed by atoms with van der Waals surface area (Å²) in [6, 6.07) is 1.92. The molecule has 0 bridgehead atoms. The minimum atomic E-state index is 0.151. The first kappa shape index (κ1) is 8.12. The van der Waals surface area contributed by atoms with E-state index in [1.165, 1.54) is 23.4 Å². The summed E-state index contributed by atoms with van der Waals surface area (Å²) in [6.07, 6.45) is 4.21. The van der Waals surface area contributed by atoms with Gasteiger partial charge in [0.1, 0.15) is 12.4 Å². The Morgan fingerprint density at radius 3 is 2.50 bits per heavy atom. The van der Waals surface area contributed by atoms with Crippen LogP contribution in [0.2, 0.25) is 0 Å². The Morgan fingerprint density at radius 1 is 1.29 bits per heavy atom. The van der Waals surface area contributed by atoms with Crippen LogP contribution in [0.4, 0.5) is 5.95 Å². The first-order valence-corrected chi connectivity index (χ1v) is 3.69. The Kier molecular flexibility index (Phi) is 1.80. The van der Waals surface area contributed by atoms with E-state index in [4.69, 9.17) is 11.0 Å². The molecule has 7 heteroatoms. The van der Waals surface area contributed by atoms with Crippen LogP contribution in [0, 0.1) is 11.3 Å². The molecular formula is C7H5N7. The lowest BCUT2D eigenvalue weighted by atomic mass is 10.4. The van der Waals surface area contributed by atoms with Gasteiger partial charge < -0.3 is 5.73 Å². The van der Waals surface area contributed by atoms with Crippen molar-refractivity contribution in [2.75, 3.05) is 5.73 Å². The van der Waals surface area contributed by atoms with Crippen molar-refractivity contribution in [3.63, 3.8) is 0 Å². The van der Waals surface area contributed by atoms with Crippen LogP contribution in [0.15, 0.2) is 18.7 Å². The van der Waals surface area contributed by atoms with Gasteiger partial charge in [-0.15, -0.1) is 5.10 Å². The second kappa shape index (κ2) is 3.10. The Hall–Kier alpha value is -2.49. The maximum atomic E-state index is 8.52. The molecule has 0 amide bonds. The average Bonchev–Trinajstić information content (AvgIpc) is 2.65. The van der Waals surface area contributed by atoms with Gasteiger partial charge in [-0.05, 0) is 0 Å². The number of nitrogens with two attached hydrogens (primary N) is 1. The topological polar surface area (TPSA) is 106 Å². The maximum Gasteiger partial charge on any atom is 0.252 e. The number of nitriles is 1. The van der Waals surface area contributed by atoms with Gasteiger partial charge >= 0.3 is 0 Å². The van der Waals surface area contributed by atoms with Gasteiger partial charge in [-0.25, -0.2) is 15.0 Å². The monoisotopic (exact) mass is 187 g/mol. The molecule has 0 saturated heterocycles. The molecule has 0 radical (unpaired) electrons. The summed E-state index contributed by atoms with van der Waals surface area (Å²) >= 11 is 0. The molecule has 2 rings (SSSR count). The molecule has 0 aromatic carbocycles. The van der Waals surface area contributed by atoms with Gasteiger partial charge in [-0.2, -0.15) is 9.94 Å². The summed E-state index contributed by atoms with van der Waals surface area (Å²) in [5, 5.41) is 12.3. The predicted octanol–water partition coefficient (Wildman–Crippen LogP) is -0.489. The molecule has 2 aromatic rings. The molecule has 0 aliphatic carbocycles. The van der Waals surface area contributed by atoms with Crippen LogP contribution in [0.5, 0.6) is 0 Å². The molecule has 2 heterocycles. The lowest BCUT2D eigenvalue weighted by Gasteiger charge is -1.95. The van der Waals surface area contributed by atoms with Crippen LogP contribution in [0.1, 0.15) is 5.56 Å². The van der Waals surface area contributed by atoms with Crippen molar-refractivity contribution in [3.8, 4) is 12.0 Å². The number of rotatable bonds is 1. The summed E-state index contributed by atoms with van der Waals surface area (Å²) in [5.41, 5.74) is 5.71. The van der Waals surface area contributed by atoms with Crippen molar-refractivity contribution in [3.05, 3.63) is 24.3 Å². The highest BCUT2D eigenvalue weighted by atomic mass is 15.4. The number of hydrogen-bond donors (Lipinski definition) is 1. The van der Waals surface area contributed by atoms with Gasteiger partial charge in [-0.1, -0.05) is 0 Å². The number of hydrogen-bond acceptors (Lipinski definition) is 6. The van der Waals surface area contributed by atoms with Crippen LogP contribution < -0.4 is 5.73 Å². The molecule has 2 N–H and O–H groups in total. The highest BCUT2D eigenvalue weighted by Gasteiger charge is 2.01. The fraction of sp³-hybridized carbons (Fsp3) is 0. The fourth-order valence-corrected chi connectivity index (χ4v) is 0.869. The minimum absolute atomic E-state index is 0.151. The van der Waals surface area contributed by atoms with Crippen molar-refractivity contribution < 1.29 is 0 Å². The van der Waals surface area contributed by atoms with Crippen molar-refractivity contribution in [2.24, 2.45) is 0 Å². The van der Waals surface area contributed by atoms with E-state index in [0.29, 0.717) is 11.5 Å². The lowest BCUT2D eigenvalue weighted by Crippen LogP contribution is -2.02. The van der Waals surface area contributed by atoms with Crippen LogP contribution in [0.25, 0.3) is 5.95 Å². The van der Waals surface area contributed by atoms with E-state index in [9.17, 15) is 0 Å². The Labute approximate surface area is 78.9 Å². The van der Waals surface area contributed by atoms with Gasteiger partial charge in [0, 0.05) is 0 Å². The third kappa shape index (κ3) is 1.36. The molecule has 68 valence electrons. The molecule has 0 fully saturated rings. The highest BCUT2D eigenvalue weighted by Crippen LogP contribution is 1.99. The molecule has 2 aromatic heterocycles. The van der Waals surface area contributed by atoms with Crippen molar-refractivity contribution in [1.29, 1.82) is 5.26 Å². The Bertz CT molecular complexity index is 477. The van der Waals surface area contributed by atoms with E-state index in [1.54, 1.807) is 0 Å². The first-order valence-electron chi connectivity index (χ1n) is 3.69. The fourth-order valence-electron chi connectivity index (χ4n) is 0.869. The molecule has 0 aliphatic heterocycles. The van der Waals surface area contributed by atoms with Crippen molar-refractivity contribution in [2.45, 2.75) is 0 Å². The molecule has 0 aliphatic rings. The highest BCUT2D eigenvalue weighted by molar-refractivity contribution is 5.24. The number of anilines is 1. The quantitative estimate of drug-likeness (QED) is 0.645. The Morgan fingerprint density at radius 2 is 2.00 bits per heavy atom. The summed E-state index contributed by atoms with van der Waals surface area (Å²) in [5.74, 6) is 0.478. The second-order valence-corrected chi connectivity index (χ2v) is 2.43. The van der Waals surface area contributed by atoms with Crippen molar-refractivity contribution in [1.82, 2.24) is 24.7 Å². The van der Waals surface area contributed by atoms with E-state index in [2.05, 4.69) is 20.1 Å². The third-order valence-electron chi connectivity index (χ3n) is 1.48. The van der Waals surface area contributed by atoms with E-state index >= 15 is 0 Å². The van der Waals surface area contributed by atoms with Gasteiger partial charge in [0.05, 0.1) is 18.0 Å². The minimum Gasteiger partial charge on any atom is -0.366 e. The normalized spacial score (nSPS) is 9.64. The van der Waals surface area contributed by atoms with Crippen LogP contribution in [0.3, 0.4) is 0 Å². The number of aromatic nitrogens is 5. The molecule has 0 saturated carbocycles. The molecule has 0 spiro atoms. The summed E-state index contributed by atoms with van der Waals surface area (Å²) < 4.78 is 1.33. The van der Waals surface area contributed by atoms with Gasteiger partial charge in [0.25, 0.3) is 5.95 Å². The van der Waals surface area contributed by atoms with Crippen LogP contribution in [-0.4, -0.2) is 24.7 Å². The molecule has 7 nitrogen and oxygen atoms in total. The molecule has 0 atom stereocenters. The summed E-state index contributed by atoms with van der Waals surface area (Å²) in [4.78, 5) is 11.5.